The lowest BCUT2D eigenvalue weighted by molar-refractivity contribution is -0.139. The number of hydrogen-bond acceptors (Lipinski definition) is 4. The molecule has 1 saturated carbocycles. The number of benzene rings is 3. The lowest BCUT2D eigenvalue weighted by atomic mass is 9.95. The van der Waals surface area contributed by atoms with Gasteiger partial charge in [0.25, 0.3) is 10.0 Å². The van der Waals surface area contributed by atoms with Gasteiger partial charge in [-0.3, -0.25) is 13.9 Å². The summed E-state index contributed by atoms with van der Waals surface area (Å²) in [4.78, 5) is 28.8. The largest absolute Gasteiger partial charge is 0.352 e. The summed E-state index contributed by atoms with van der Waals surface area (Å²) < 4.78 is 42.6. The second-order valence-electron chi connectivity index (χ2n) is 10.9. The normalized spacial score (nSPS) is 14.7. The number of carbonyl (C=O) groups excluding carboxylic acids is 2. The molecule has 1 N–H and O–H groups in total. The minimum absolute atomic E-state index is 0.00849. The predicted octanol–water partition coefficient (Wildman–Crippen LogP) is 6.16. The zero-order chi connectivity index (χ0) is 30.4. The lowest BCUT2D eigenvalue weighted by Crippen LogP contribution is -2.53. The van der Waals surface area contributed by atoms with Crippen LogP contribution < -0.4 is 9.62 Å². The summed E-state index contributed by atoms with van der Waals surface area (Å²) in [6.45, 7) is 4.70. The second-order valence-corrected chi connectivity index (χ2v) is 13.2. The van der Waals surface area contributed by atoms with Crippen LogP contribution in [0, 0.1) is 19.7 Å². The zero-order valence-electron chi connectivity index (χ0n) is 24.1. The third kappa shape index (κ3) is 7.69. The van der Waals surface area contributed by atoms with Crippen molar-refractivity contribution < 1.29 is 22.4 Å². The van der Waals surface area contributed by atoms with Gasteiger partial charge in [0.15, 0.2) is 0 Å². The molecule has 1 aliphatic carbocycles. The molecule has 1 atom stereocenters. The molecule has 42 heavy (non-hydrogen) atoms. The van der Waals surface area contributed by atoms with Gasteiger partial charge >= 0.3 is 0 Å². The number of hydrogen-bond donors (Lipinski definition) is 1. The van der Waals surface area contributed by atoms with E-state index in [9.17, 15) is 22.4 Å². The summed E-state index contributed by atoms with van der Waals surface area (Å²) in [6, 6.07) is 16.0. The number of amides is 2. The zero-order valence-corrected chi connectivity index (χ0v) is 25.7. The number of rotatable bonds is 10. The van der Waals surface area contributed by atoms with Gasteiger partial charge in [-0.25, -0.2) is 12.8 Å². The molecule has 10 heteroatoms. The summed E-state index contributed by atoms with van der Waals surface area (Å²) in [5, 5.41) is 3.42. The smallest absolute Gasteiger partial charge is 0.264 e. The molecule has 0 spiro atoms. The van der Waals surface area contributed by atoms with Crippen LogP contribution >= 0.6 is 11.6 Å². The number of aryl methyl sites for hydroxylation is 2. The fourth-order valence-corrected chi connectivity index (χ4v) is 6.62. The minimum Gasteiger partial charge on any atom is -0.352 e. The first-order valence-electron chi connectivity index (χ1n) is 14.2. The van der Waals surface area contributed by atoms with E-state index < -0.39 is 34.3 Å². The topological polar surface area (TPSA) is 86.8 Å². The van der Waals surface area contributed by atoms with E-state index in [0.717, 1.165) is 47.5 Å². The number of carbonyl (C=O) groups is 2. The number of anilines is 1. The Bertz CT molecular complexity index is 1510. The molecular weight excluding hydrogens is 577 g/mol. The molecule has 224 valence electrons. The van der Waals surface area contributed by atoms with E-state index in [1.807, 2.05) is 6.92 Å². The molecule has 2 amide bonds. The Hall–Kier alpha value is -3.43. The van der Waals surface area contributed by atoms with Crippen LogP contribution in [0.2, 0.25) is 5.02 Å². The molecule has 0 saturated heterocycles. The van der Waals surface area contributed by atoms with E-state index in [0.29, 0.717) is 10.6 Å². The van der Waals surface area contributed by atoms with Crippen molar-refractivity contribution in [3.8, 4) is 0 Å². The molecule has 3 aromatic rings. The number of sulfonamides is 1. The Morgan fingerprint density at radius 2 is 1.62 bits per heavy atom. The third-order valence-corrected chi connectivity index (χ3v) is 9.91. The Labute approximate surface area is 252 Å². The van der Waals surface area contributed by atoms with Gasteiger partial charge in [0.1, 0.15) is 18.4 Å². The Morgan fingerprint density at radius 1 is 0.976 bits per heavy atom. The predicted molar refractivity (Wildman–Crippen MR) is 163 cm³/mol. The molecule has 0 unspecified atom stereocenters. The Morgan fingerprint density at radius 3 is 2.24 bits per heavy atom. The molecule has 4 rings (SSSR count). The molecule has 0 aromatic heterocycles. The Kier molecular flexibility index (Phi) is 10.3. The Balaban J connectivity index is 1.69. The monoisotopic (exact) mass is 613 g/mol. The van der Waals surface area contributed by atoms with E-state index in [2.05, 4.69) is 5.32 Å². The SMILES string of the molecule is Cc1ccc(S(=O)(=O)N(CC(=O)N(Cc2ccc(F)cc2)[C@H](C)C(=O)NC2CCCCC2)c2ccc(C)c(Cl)c2)cc1. The van der Waals surface area contributed by atoms with Crippen LogP contribution in [-0.2, 0) is 26.2 Å². The van der Waals surface area contributed by atoms with Crippen molar-refractivity contribution in [2.75, 3.05) is 10.8 Å². The number of nitrogens with zero attached hydrogens (tertiary/aromatic N) is 2. The van der Waals surface area contributed by atoms with Crippen LogP contribution in [0.25, 0.3) is 0 Å². The van der Waals surface area contributed by atoms with Gasteiger partial charge < -0.3 is 10.2 Å². The first kappa shape index (κ1) is 31.5. The number of halogens is 2. The quantitative estimate of drug-likeness (QED) is 0.297. The highest BCUT2D eigenvalue weighted by Crippen LogP contribution is 2.29. The van der Waals surface area contributed by atoms with E-state index in [1.54, 1.807) is 50.2 Å². The van der Waals surface area contributed by atoms with E-state index in [1.165, 1.54) is 35.2 Å². The summed E-state index contributed by atoms with van der Waals surface area (Å²) in [5.41, 5.74) is 2.47. The highest BCUT2D eigenvalue weighted by Gasteiger charge is 2.33. The van der Waals surface area contributed by atoms with Crippen molar-refractivity contribution in [1.29, 1.82) is 0 Å². The van der Waals surface area contributed by atoms with Crippen molar-refractivity contribution in [1.82, 2.24) is 10.2 Å². The van der Waals surface area contributed by atoms with Crippen molar-refractivity contribution in [3.05, 3.63) is 94.3 Å². The summed E-state index contributed by atoms with van der Waals surface area (Å²) in [7, 11) is -4.20. The molecule has 0 radical (unpaired) electrons. The summed E-state index contributed by atoms with van der Waals surface area (Å²) in [6.07, 6.45) is 4.94. The van der Waals surface area contributed by atoms with Crippen LogP contribution in [0.15, 0.2) is 71.6 Å². The molecule has 3 aromatic carbocycles. The van der Waals surface area contributed by atoms with Crippen LogP contribution in [0.5, 0.6) is 0 Å². The fraction of sp³-hybridized carbons (Fsp3) is 0.375. The molecule has 0 bridgehead atoms. The van der Waals surface area contributed by atoms with Gasteiger partial charge in [-0.2, -0.15) is 0 Å². The van der Waals surface area contributed by atoms with Gasteiger partial charge in [-0.05, 0) is 81.1 Å². The van der Waals surface area contributed by atoms with Gasteiger partial charge in [0.05, 0.1) is 10.6 Å². The first-order valence-corrected chi connectivity index (χ1v) is 16.0. The molecule has 1 fully saturated rings. The van der Waals surface area contributed by atoms with E-state index in [4.69, 9.17) is 11.6 Å². The fourth-order valence-electron chi connectivity index (χ4n) is 5.04. The van der Waals surface area contributed by atoms with Gasteiger partial charge in [-0.1, -0.05) is 66.8 Å². The maximum atomic E-state index is 14.1. The van der Waals surface area contributed by atoms with Gasteiger partial charge in [0, 0.05) is 17.6 Å². The van der Waals surface area contributed by atoms with Crippen LogP contribution in [0.1, 0.15) is 55.7 Å². The highest BCUT2D eigenvalue weighted by molar-refractivity contribution is 7.92. The molecule has 7 nitrogen and oxygen atoms in total. The molecule has 1 aliphatic rings. The van der Waals surface area contributed by atoms with Crippen LogP contribution in [0.4, 0.5) is 10.1 Å². The minimum atomic E-state index is -4.20. The van der Waals surface area contributed by atoms with E-state index in [-0.39, 0.29) is 29.1 Å². The highest BCUT2D eigenvalue weighted by atomic mass is 35.5. The third-order valence-electron chi connectivity index (χ3n) is 7.72. The average Bonchev–Trinajstić information content (AvgIpc) is 2.97. The van der Waals surface area contributed by atoms with Crippen molar-refractivity contribution in [2.45, 2.75) is 76.4 Å². The summed E-state index contributed by atoms with van der Waals surface area (Å²) >= 11 is 6.38. The lowest BCUT2D eigenvalue weighted by Gasteiger charge is -2.33. The average molecular weight is 614 g/mol. The second kappa shape index (κ2) is 13.7. The van der Waals surface area contributed by atoms with Gasteiger partial charge in [0.2, 0.25) is 11.8 Å². The van der Waals surface area contributed by atoms with Crippen molar-refractivity contribution in [2.24, 2.45) is 0 Å². The number of nitrogens with one attached hydrogen (secondary N) is 1. The first-order chi connectivity index (χ1) is 20.0. The van der Waals surface area contributed by atoms with Crippen molar-refractivity contribution >= 4 is 39.1 Å². The molecule has 0 aliphatic heterocycles. The van der Waals surface area contributed by atoms with Crippen LogP contribution in [-0.4, -0.2) is 43.8 Å². The van der Waals surface area contributed by atoms with Crippen LogP contribution in [0.3, 0.4) is 0 Å². The molecular formula is C32H37ClFN3O4S. The standard InChI is InChI=1S/C32H37ClFN3O4S/c1-22-9-17-29(18-10-22)42(40,41)37(28-16-11-23(2)30(33)19-28)21-31(38)36(20-25-12-14-26(34)15-13-25)24(3)32(39)35-27-7-5-4-6-8-27/h9-19,24,27H,4-8,20-21H2,1-3H3,(H,35,39)/t24-/m1/s1. The molecule has 0 heterocycles. The van der Waals surface area contributed by atoms with Gasteiger partial charge in [-0.15, -0.1) is 0 Å². The summed E-state index contributed by atoms with van der Waals surface area (Å²) in [5.74, 6) is -1.33. The van der Waals surface area contributed by atoms with Crippen molar-refractivity contribution in [3.63, 3.8) is 0 Å². The maximum absolute atomic E-state index is 14.1. The van der Waals surface area contributed by atoms with E-state index >= 15 is 0 Å². The maximum Gasteiger partial charge on any atom is 0.264 e.